The molecule has 9 nitrogen and oxygen atoms in total. The molecule has 28 heavy (non-hydrogen) atoms. The zero-order valence-electron chi connectivity index (χ0n) is 15.4. The Morgan fingerprint density at radius 3 is 2.39 bits per heavy atom. The molecule has 0 aliphatic heterocycles. The molecule has 0 saturated heterocycles. The number of nitriles is 1. The van der Waals surface area contributed by atoms with Crippen molar-refractivity contribution in [1.29, 1.82) is 5.26 Å². The Kier molecular flexibility index (Phi) is 6.54. The van der Waals surface area contributed by atoms with Crippen LogP contribution in [0.2, 0.25) is 0 Å². The number of nitrogens with one attached hydrogen (secondary N) is 1. The standard InChI is InChI=1S/C19H17N3O6/c1-26-15-6-4-12(18(10-15)28-3)8-13(11-20)19(23)21-16-9-14(22(24)25)5-7-17(16)27-2/h4-10H,1-3H3,(H,21,23). The Balaban J connectivity index is 2.37. The van der Waals surface area contributed by atoms with Gasteiger partial charge in [0.25, 0.3) is 11.6 Å². The summed E-state index contributed by atoms with van der Waals surface area (Å²) in [5.41, 5.74) is 0.109. The van der Waals surface area contributed by atoms with Gasteiger partial charge in [-0.3, -0.25) is 14.9 Å². The van der Waals surface area contributed by atoms with Gasteiger partial charge in [-0.1, -0.05) is 0 Å². The molecule has 2 aromatic rings. The van der Waals surface area contributed by atoms with Gasteiger partial charge in [-0.15, -0.1) is 0 Å². The van der Waals surface area contributed by atoms with Crippen LogP contribution in [0.15, 0.2) is 42.0 Å². The molecule has 9 heteroatoms. The van der Waals surface area contributed by atoms with Gasteiger partial charge in [0, 0.05) is 23.8 Å². The van der Waals surface area contributed by atoms with Gasteiger partial charge < -0.3 is 19.5 Å². The number of non-ortho nitro benzene ring substituents is 1. The molecule has 0 spiro atoms. The fourth-order valence-corrected chi connectivity index (χ4v) is 2.34. The van der Waals surface area contributed by atoms with Gasteiger partial charge in [-0.05, 0) is 24.3 Å². The molecule has 0 bridgehead atoms. The maximum Gasteiger partial charge on any atom is 0.271 e. The van der Waals surface area contributed by atoms with Crippen molar-refractivity contribution < 1.29 is 23.9 Å². The first-order valence-corrected chi connectivity index (χ1v) is 7.91. The molecule has 144 valence electrons. The third-order valence-corrected chi connectivity index (χ3v) is 3.75. The van der Waals surface area contributed by atoms with Gasteiger partial charge in [0.15, 0.2) is 0 Å². The highest BCUT2D eigenvalue weighted by atomic mass is 16.6. The van der Waals surface area contributed by atoms with Crippen LogP contribution in [0.1, 0.15) is 5.56 Å². The number of anilines is 1. The van der Waals surface area contributed by atoms with Crippen LogP contribution < -0.4 is 19.5 Å². The first-order chi connectivity index (χ1) is 13.4. The number of carbonyl (C=O) groups is 1. The molecular weight excluding hydrogens is 366 g/mol. The number of rotatable bonds is 7. The summed E-state index contributed by atoms with van der Waals surface area (Å²) in [6.45, 7) is 0. The second-order valence-electron chi connectivity index (χ2n) is 5.37. The molecule has 0 unspecified atom stereocenters. The Morgan fingerprint density at radius 1 is 1.11 bits per heavy atom. The Bertz CT molecular complexity index is 978. The summed E-state index contributed by atoms with van der Waals surface area (Å²) < 4.78 is 15.5. The van der Waals surface area contributed by atoms with E-state index >= 15 is 0 Å². The van der Waals surface area contributed by atoms with Crippen molar-refractivity contribution >= 4 is 23.4 Å². The average molecular weight is 383 g/mol. The van der Waals surface area contributed by atoms with Crippen molar-refractivity contribution in [3.8, 4) is 23.3 Å². The number of benzene rings is 2. The van der Waals surface area contributed by atoms with E-state index in [4.69, 9.17) is 14.2 Å². The number of hydrogen-bond donors (Lipinski definition) is 1. The zero-order chi connectivity index (χ0) is 20.7. The number of ether oxygens (including phenoxy) is 3. The number of nitro groups is 1. The minimum Gasteiger partial charge on any atom is -0.497 e. The van der Waals surface area contributed by atoms with Crippen molar-refractivity contribution in [2.75, 3.05) is 26.6 Å². The summed E-state index contributed by atoms with van der Waals surface area (Å²) in [5.74, 6) is 0.434. The predicted octanol–water partition coefficient (Wildman–Crippen LogP) is 3.17. The number of nitrogens with zero attached hydrogens (tertiary/aromatic N) is 2. The van der Waals surface area contributed by atoms with E-state index in [1.807, 2.05) is 6.07 Å². The quantitative estimate of drug-likeness (QED) is 0.337. The highest BCUT2D eigenvalue weighted by molar-refractivity contribution is 6.10. The smallest absolute Gasteiger partial charge is 0.271 e. The molecular formula is C19H17N3O6. The molecule has 0 aliphatic rings. The maximum absolute atomic E-state index is 12.5. The topological polar surface area (TPSA) is 124 Å². The van der Waals surface area contributed by atoms with Crippen LogP contribution in [-0.2, 0) is 4.79 Å². The second kappa shape index (κ2) is 9.05. The van der Waals surface area contributed by atoms with E-state index in [2.05, 4.69) is 5.32 Å². The highest BCUT2D eigenvalue weighted by Crippen LogP contribution is 2.30. The zero-order valence-corrected chi connectivity index (χ0v) is 15.4. The maximum atomic E-state index is 12.5. The summed E-state index contributed by atoms with van der Waals surface area (Å²) in [6.07, 6.45) is 1.34. The molecule has 0 radical (unpaired) electrons. The van der Waals surface area contributed by atoms with Crippen molar-refractivity contribution in [3.05, 3.63) is 57.6 Å². The Hall–Kier alpha value is -4.06. The van der Waals surface area contributed by atoms with Crippen LogP contribution in [0, 0.1) is 21.4 Å². The number of amides is 1. The van der Waals surface area contributed by atoms with Crippen LogP contribution in [-0.4, -0.2) is 32.2 Å². The van der Waals surface area contributed by atoms with E-state index in [0.29, 0.717) is 17.1 Å². The molecule has 0 saturated carbocycles. The monoisotopic (exact) mass is 383 g/mol. The lowest BCUT2D eigenvalue weighted by Gasteiger charge is -2.10. The van der Waals surface area contributed by atoms with Crippen LogP contribution in [0.5, 0.6) is 17.2 Å². The van der Waals surface area contributed by atoms with Crippen molar-refractivity contribution in [2.24, 2.45) is 0 Å². The number of hydrogen-bond acceptors (Lipinski definition) is 7. The van der Waals surface area contributed by atoms with E-state index in [9.17, 15) is 20.2 Å². The first kappa shape index (κ1) is 20.3. The van der Waals surface area contributed by atoms with Gasteiger partial charge in [-0.2, -0.15) is 5.26 Å². The van der Waals surface area contributed by atoms with Crippen molar-refractivity contribution in [3.63, 3.8) is 0 Å². The van der Waals surface area contributed by atoms with Crippen molar-refractivity contribution in [1.82, 2.24) is 0 Å². The lowest BCUT2D eigenvalue weighted by Crippen LogP contribution is -2.14. The highest BCUT2D eigenvalue weighted by Gasteiger charge is 2.17. The van der Waals surface area contributed by atoms with E-state index < -0.39 is 10.8 Å². The largest absolute Gasteiger partial charge is 0.497 e. The van der Waals surface area contributed by atoms with Gasteiger partial charge >= 0.3 is 0 Å². The fourth-order valence-electron chi connectivity index (χ4n) is 2.34. The van der Waals surface area contributed by atoms with Crippen LogP contribution in [0.4, 0.5) is 11.4 Å². The summed E-state index contributed by atoms with van der Waals surface area (Å²) in [6, 6.07) is 10.5. The first-order valence-electron chi connectivity index (χ1n) is 7.91. The minimum absolute atomic E-state index is 0.0737. The van der Waals surface area contributed by atoms with Crippen LogP contribution in [0.25, 0.3) is 6.08 Å². The second-order valence-corrected chi connectivity index (χ2v) is 5.37. The van der Waals surface area contributed by atoms with E-state index in [1.54, 1.807) is 18.2 Å². The lowest BCUT2D eigenvalue weighted by molar-refractivity contribution is -0.384. The molecule has 1 amide bonds. The average Bonchev–Trinajstić information content (AvgIpc) is 2.71. The molecule has 1 N–H and O–H groups in total. The lowest BCUT2D eigenvalue weighted by atomic mass is 10.1. The van der Waals surface area contributed by atoms with Crippen LogP contribution in [0.3, 0.4) is 0 Å². The molecule has 0 aliphatic carbocycles. The number of methoxy groups -OCH3 is 3. The third-order valence-electron chi connectivity index (χ3n) is 3.75. The number of nitro benzene ring substituents is 1. The van der Waals surface area contributed by atoms with Gasteiger partial charge in [0.05, 0.1) is 31.9 Å². The molecule has 2 aromatic carbocycles. The van der Waals surface area contributed by atoms with Crippen molar-refractivity contribution in [2.45, 2.75) is 0 Å². The van der Waals surface area contributed by atoms with E-state index in [0.717, 1.165) is 6.07 Å². The number of carbonyl (C=O) groups excluding carboxylic acids is 1. The third kappa shape index (κ3) is 4.56. The van der Waals surface area contributed by atoms with Gasteiger partial charge in [-0.25, -0.2) is 0 Å². The Labute approximate surface area is 160 Å². The summed E-state index contributed by atoms with van der Waals surface area (Å²) in [4.78, 5) is 22.9. The molecule has 0 heterocycles. The summed E-state index contributed by atoms with van der Waals surface area (Å²) in [7, 11) is 4.32. The summed E-state index contributed by atoms with van der Waals surface area (Å²) in [5, 5.41) is 22.8. The SMILES string of the molecule is COc1ccc(C=C(C#N)C(=O)Nc2cc([N+](=O)[O-])ccc2OC)c(OC)c1. The van der Waals surface area contributed by atoms with Crippen LogP contribution >= 0.6 is 0 Å². The Morgan fingerprint density at radius 2 is 1.82 bits per heavy atom. The minimum atomic E-state index is -0.751. The van der Waals surface area contributed by atoms with E-state index in [-0.39, 0.29) is 22.7 Å². The molecule has 0 aromatic heterocycles. The summed E-state index contributed by atoms with van der Waals surface area (Å²) >= 11 is 0. The molecule has 2 rings (SSSR count). The molecule has 0 fully saturated rings. The predicted molar refractivity (Wildman–Crippen MR) is 101 cm³/mol. The normalized spacial score (nSPS) is 10.6. The fraction of sp³-hybridized carbons (Fsp3) is 0.158. The van der Waals surface area contributed by atoms with E-state index in [1.165, 1.54) is 39.5 Å². The molecule has 0 atom stereocenters. The van der Waals surface area contributed by atoms with Gasteiger partial charge in [0.2, 0.25) is 0 Å². The van der Waals surface area contributed by atoms with Gasteiger partial charge in [0.1, 0.15) is 28.9 Å².